The molecular weight excluding hydrogens is 286 g/mol. The molecule has 22 heavy (non-hydrogen) atoms. The third-order valence-electron chi connectivity index (χ3n) is 4.09. The Morgan fingerprint density at radius 3 is 2.73 bits per heavy atom. The fourth-order valence-corrected chi connectivity index (χ4v) is 2.81. The largest absolute Gasteiger partial charge is 0.417 e. The van der Waals surface area contributed by atoms with Gasteiger partial charge in [0.05, 0.1) is 11.9 Å². The average Bonchev–Trinajstić information content (AvgIpc) is 2.86. The van der Waals surface area contributed by atoms with Gasteiger partial charge in [-0.2, -0.15) is 0 Å². The third-order valence-corrected chi connectivity index (χ3v) is 4.09. The number of nitrogens with one attached hydrogen (secondary N) is 1. The molecule has 0 radical (unpaired) electrons. The molecule has 1 fully saturated rings. The van der Waals surface area contributed by atoms with Crippen LogP contribution >= 0.6 is 0 Å². The number of rotatable bonds is 3. The summed E-state index contributed by atoms with van der Waals surface area (Å²) in [6.45, 7) is 1.11. The van der Waals surface area contributed by atoms with Gasteiger partial charge in [-0.1, -0.05) is 6.07 Å². The van der Waals surface area contributed by atoms with Gasteiger partial charge in [-0.3, -0.25) is 14.6 Å². The molecule has 2 amide bonds. The molecule has 3 rings (SSSR count). The molecule has 7 heteroatoms. The summed E-state index contributed by atoms with van der Waals surface area (Å²) < 4.78 is 4.93. The van der Waals surface area contributed by atoms with E-state index in [1.165, 1.54) is 0 Å². The first-order valence-electron chi connectivity index (χ1n) is 7.22. The van der Waals surface area contributed by atoms with Crippen LogP contribution in [0.3, 0.4) is 0 Å². The number of nitrogens with zero attached hydrogens (tertiary/aromatic N) is 1. The lowest BCUT2D eigenvalue weighted by Crippen LogP contribution is -2.42. The first-order valence-corrected chi connectivity index (χ1v) is 7.22. The Morgan fingerprint density at radius 1 is 1.32 bits per heavy atom. The van der Waals surface area contributed by atoms with E-state index in [9.17, 15) is 14.4 Å². The zero-order valence-corrected chi connectivity index (χ0v) is 12.0. The summed E-state index contributed by atoms with van der Waals surface area (Å²) in [5.74, 6) is -0.919. The number of oxazole rings is 1. The fraction of sp³-hybridized carbons (Fsp3) is 0.400. The number of hydrogen-bond donors (Lipinski definition) is 2. The van der Waals surface area contributed by atoms with Crippen molar-refractivity contribution >= 4 is 22.9 Å². The van der Waals surface area contributed by atoms with Crippen molar-refractivity contribution in [1.29, 1.82) is 0 Å². The number of aromatic nitrogens is 1. The molecule has 0 bridgehead atoms. The van der Waals surface area contributed by atoms with Gasteiger partial charge < -0.3 is 15.1 Å². The SMILES string of the molecule is NC(=O)C1CCN(C(=O)Cc2ccc3oc(=O)[nH]c3c2)CC1. The van der Waals surface area contributed by atoms with Gasteiger partial charge in [-0.05, 0) is 30.5 Å². The predicted octanol–water partition coefficient (Wildman–Crippen LogP) is 0.387. The summed E-state index contributed by atoms with van der Waals surface area (Å²) >= 11 is 0. The standard InChI is InChI=1S/C15H17N3O4/c16-14(20)10-3-5-18(6-4-10)13(19)8-9-1-2-12-11(7-9)17-15(21)22-12/h1-2,7,10H,3-6,8H2,(H2,16,20)(H,17,21). The minimum Gasteiger partial charge on any atom is -0.408 e. The number of piperidine rings is 1. The third kappa shape index (κ3) is 2.88. The van der Waals surface area contributed by atoms with E-state index in [0.717, 1.165) is 5.56 Å². The first-order chi connectivity index (χ1) is 10.5. The Kier molecular flexibility index (Phi) is 3.70. The number of hydrogen-bond acceptors (Lipinski definition) is 4. The molecule has 1 aromatic heterocycles. The number of fused-ring (bicyclic) bond motifs is 1. The molecule has 0 spiro atoms. The van der Waals surface area contributed by atoms with E-state index < -0.39 is 5.76 Å². The van der Waals surface area contributed by atoms with Crippen molar-refractivity contribution in [2.45, 2.75) is 19.3 Å². The number of benzene rings is 1. The normalized spacial score (nSPS) is 16.1. The molecule has 0 saturated carbocycles. The summed E-state index contributed by atoms with van der Waals surface area (Å²) in [4.78, 5) is 38.9. The predicted molar refractivity (Wildman–Crippen MR) is 79.0 cm³/mol. The van der Waals surface area contributed by atoms with Crippen molar-refractivity contribution in [3.05, 3.63) is 34.3 Å². The summed E-state index contributed by atoms with van der Waals surface area (Å²) in [5, 5.41) is 0. The monoisotopic (exact) mass is 303 g/mol. The van der Waals surface area contributed by atoms with Gasteiger partial charge in [0.15, 0.2) is 5.58 Å². The van der Waals surface area contributed by atoms with Crippen molar-refractivity contribution in [3.63, 3.8) is 0 Å². The number of amides is 2. The second-order valence-corrected chi connectivity index (χ2v) is 5.58. The number of likely N-dealkylation sites (tertiary alicyclic amines) is 1. The maximum Gasteiger partial charge on any atom is 0.417 e. The molecule has 1 aromatic carbocycles. The number of aromatic amines is 1. The molecule has 1 aliphatic rings. The first kappa shape index (κ1) is 14.4. The maximum atomic E-state index is 12.3. The second-order valence-electron chi connectivity index (χ2n) is 5.58. The Bertz CT molecular complexity index is 768. The lowest BCUT2D eigenvalue weighted by molar-refractivity contribution is -0.134. The second kappa shape index (κ2) is 5.67. The zero-order valence-electron chi connectivity index (χ0n) is 12.0. The number of carbonyl (C=O) groups is 2. The van der Waals surface area contributed by atoms with Crippen LogP contribution < -0.4 is 11.5 Å². The quantitative estimate of drug-likeness (QED) is 0.854. The van der Waals surface area contributed by atoms with Crippen molar-refractivity contribution < 1.29 is 14.0 Å². The molecule has 1 aliphatic heterocycles. The highest BCUT2D eigenvalue weighted by Gasteiger charge is 2.25. The average molecular weight is 303 g/mol. The molecule has 0 unspecified atom stereocenters. The van der Waals surface area contributed by atoms with Crippen molar-refractivity contribution in [2.75, 3.05) is 13.1 Å². The van der Waals surface area contributed by atoms with Gasteiger partial charge in [-0.15, -0.1) is 0 Å². The van der Waals surface area contributed by atoms with E-state index in [0.29, 0.717) is 37.0 Å². The van der Waals surface area contributed by atoms with E-state index in [1.54, 1.807) is 23.1 Å². The molecule has 3 N–H and O–H groups in total. The number of H-pyrrole nitrogens is 1. The van der Waals surface area contributed by atoms with E-state index >= 15 is 0 Å². The molecule has 2 aromatic rings. The van der Waals surface area contributed by atoms with Gasteiger partial charge >= 0.3 is 5.76 Å². The zero-order chi connectivity index (χ0) is 15.7. The minimum atomic E-state index is -0.507. The summed E-state index contributed by atoms with van der Waals surface area (Å²) in [6, 6.07) is 5.19. The lowest BCUT2D eigenvalue weighted by Gasteiger charge is -2.30. The minimum absolute atomic E-state index is 0.00751. The Labute approximate surface area is 126 Å². The lowest BCUT2D eigenvalue weighted by atomic mass is 9.96. The van der Waals surface area contributed by atoms with Gasteiger partial charge in [0.25, 0.3) is 0 Å². The molecule has 1 saturated heterocycles. The Morgan fingerprint density at radius 2 is 2.05 bits per heavy atom. The van der Waals surface area contributed by atoms with Crippen LogP contribution in [0.4, 0.5) is 0 Å². The number of carbonyl (C=O) groups excluding carboxylic acids is 2. The van der Waals surface area contributed by atoms with Crippen LogP contribution in [0.1, 0.15) is 18.4 Å². The van der Waals surface area contributed by atoms with E-state index in [4.69, 9.17) is 10.2 Å². The number of primary amides is 1. The summed E-state index contributed by atoms with van der Waals surface area (Å²) in [7, 11) is 0. The smallest absolute Gasteiger partial charge is 0.408 e. The van der Waals surface area contributed by atoms with Crippen molar-refractivity contribution in [3.8, 4) is 0 Å². The Hall–Kier alpha value is -2.57. The Balaban J connectivity index is 1.65. The molecule has 7 nitrogen and oxygen atoms in total. The molecule has 2 heterocycles. The van der Waals surface area contributed by atoms with Crippen molar-refractivity contribution in [2.24, 2.45) is 11.7 Å². The highest BCUT2D eigenvalue weighted by molar-refractivity contribution is 5.82. The molecule has 116 valence electrons. The fourth-order valence-electron chi connectivity index (χ4n) is 2.81. The molecule has 0 aliphatic carbocycles. The van der Waals surface area contributed by atoms with E-state index in [-0.39, 0.29) is 24.2 Å². The molecule has 0 atom stereocenters. The van der Waals surface area contributed by atoms with Crippen LogP contribution in [0.15, 0.2) is 27.4 Å². The highest BCUT2D eigenvalue weighted by Crippen LogP contribution is 2.18. The summed E-state index contributed by atoms with van der Waals surface area (Å²) in [5.41, 5.74) is 7.16. The van der Waals surface area contributed by atoms with Crippen LogP contribution in [0.5, 0.6) is 0 Å². The maximum absolute atomic E-state index is 12.3. The van der Waals surface area contributed by atoms with E-state index in [2.05, 4.69) is 4.98 Å². The van der Waals surface area contributed by atoms with Crippen LogP contribution in [-0.2, 0) is 16.0 Å². The van der Waals surface area contributed by atoms with Crippen LogP contribution in [0.25, 0.3) is 11.1 Å². The van der Waals surface area contributed by atoms with Gasteiger partial charge in [-0.25, -0.2) is 4.79 Å². The van der Waals surface area contributed by atoms with Gasteiger partial charge in [0, 0.05) is 19.0 Å². The van der Waals surface area contributed by atoms with Crippen LogP contribution in [-0.4, -0.2) is 34.8 Å². The van der Waals surface area contributed by atoms with Gasteiger partial charge in [0.1, 0.15) is 0 Å². The van der Waals surface area contributed by atoms with E-state index in [1.807, 2.05) is 0 Å². The van der Waals surface area contributed by atoms with Crippen LogP contribution in [0.2, 0.25) is 0 Å². The summed E-state index contributed by atoms with van der Waals surface area (Å²) in [6.07, 6.45) is 1.49. The topological polar surface area (TPSA) is 109 Å². The van der Waals surface area contributed by atoms with Crippen LogP contribution in [0, 0.1) is 5.92 Å². The molecular formula is C15H17N3O4. The van der Waals surface area contributed by atoms with Gasteiger partial charge in [0.2, 0.25) is 11.8 Å². The number of nitrogens with two attached hydrogens (primary N) is 1. The highest BCUT2D eigenvalue weighted by atomic mass is 16.4. The van der Waals surface area contributed by atoms with Crippen molar-refractivity contribution in [1.82, 2.24) is 9.88 Å².